The van der Waals surface area contributed by atoms with Crippen molar-refractivity contribution in [2.45, 2.75) is 13.0 Å². The van der Waals surface area contributed by atoms with Crippen LogP contribution in [0.5, 0.6) is 5.75 Å². The van der Waals surface area contributed by atoms with Gasteiger partial charge in [-0.15, -0.1) is 5.10 Å². The molecule has 1 atom stereocenters. The average Bonchev–Trinajstić information content (AvgIpc) is 3.05. The smallest absolute Gasteiger partial charge is 0.267 e. The Morgan fingerprint density at radius 2 is 1.74 bits per heavy atom. The second-order valence-corrected chi connectivity index (χ2v) is 4.94. The summed E-state index contributed by atoms with van der Waals surface area (Å²) >= 11 is 0. The number of carbonyl (C=O) groups excluding carboxylic acids is 1. The van der Waals surface area contributed by atoms with Crippen molar-refractivity contribution < 1.29 is 9.53 Å². The molecule has 1 amide bonds. The molecule has 3 rings (SSSR count). The zero-order chi connectivity index (χ0) is 16.1. The highest BCUT2D eigenvalue weighted by Crippen LogP contribution is 2.15. The second-order valence-electron chi connectivity index (χ2n) is 4.94. The Kier molecular flexibility index (Phi) is 4.33. The molecule has 6 nitrogen and oxygen atoms in total. The summed E-state index contributed by atoms with van der Waals surface area (Å²) in [6.45, 7) is 1.67. The Bertz CT molecular complexity index is 772. The minimum atomic E-state index is -0.656. The molecule has 1 heterocycles. The second kappa shape index (κ2) is 6.74. The van der Waals surface area contributed by atoms with E-state index >= 15 is 0 Å². The van der Waals surface area contributed by atoms with Gasteiger partial charge in [0.05, 0.1) is 0 Å². The quantitative estimate of drug-likeness (QED) is 0.759. The predicted molar refractivity (Wildman–Crippen MR) is 87.0 cm³/mol. The summed E-state index contributed by atoms with van der Waals surface area (Å²) in [5.74, 6) is 1.14. The Morgan fingerprint density at radius 1 is 1.09 bits per heavy atom. The van der Waals surface area contributed by atoms with E-state index in [9.17, 15) is 4.79 Å². The van der Waals surface area contributed by atoms with Crippen molar-refractivity contribution >= 4 is 11.9 Å². The number of aromatic nitrogens is 3. The lowest BCUT2D eigenvalue weighted by molar-refractivity contribution is -0.122. The summed E-state index contributed by atoms with van der Waals surface area (Å²) in [6.07, 6.45) is -0.656. The molecule has 0 aliphatic heterocycles. The van der Waals surface area contributed by atoms with Crippen LogP contribution in [0.4, 0.5) is 5.95 Å². The van der Waals surface area contributed by atoms with Crippen molar-refractivity contribution in [3.8, 4) is 17.1 Å². The number of hydrogen-bond donors (Lipinski definition) is 2. The number of amides is 1. The van der Waals surface area contributed by atoms with Gasteiger partial charge in [0, 0.05) is 5.56 Å². The van der Waals surface area contributed by atoms with Gasteiger partial charge in [0.15, 0.2) is 11.9 Å². The molecule has 0 bridgehead atoms. The van der Waals surface area contributed by atoms with Crippen molar-refractivity contribution in [1.29, 1.82) is 0 Å². The standard InChI is InChI=1S/C17H16N4O2/c1-12(23-14-10-6-3-7-11-14)16(22)19-17-18-15(20-21-17)13-8-4-2-5-9-13/h2-12H,1H3,(H2,18,19,20,21,22). The van der Waals surface area contributed by atoms with Gasteiger partial charge in [-0.25, -0.2) is 0 Å². The van der Waals surface area contributed by atoms with E-state index in [-0.39, 0.29) is 11.9 Å². The van der Waals surface area contributed by atoms with E-state index in [1.807, 2.05) is 48.5 Å². The maximum Gasteiger partial charge on any atom is 0.267 e. The van der Waals surface area contributed by atoms with E-state index in [0.717, 1.165) is 5.56 Å². The molecule has 0 aliphatic rings. The Balaban J connectivity index is 1.63. The van der Waals surface area contributed by atoms with Gasteiger partial charge in [0.2, 0.25) is 5.95 Å². The number of H-pyrrole nitrogens is 1. The lowest BCUT2D eigenvalue weighted by Crippen LogP contribution is -2.30. The first-order chi connectivity index (χ1) is 11.2. The van der Waals surface area contributed by atoms with Crippen LogP contribution in [0, 0.1) is 0 Å². The minimum Gasteiger partial charge on any atom is -0.481 e. The lowest BCUT2D eigenvalue weighted by atomic mass is 10.2. The molecule has 3 aromatic rings. The number of nitrogens with zero attached hydrogens (tertiary/aromatic N) is 2. The van der Waals surface area contributed by atoms with E-state index in [0.29, 0.717) is 11.6 Å². The third kappa shape index (κ3) is 3.74. The largest absolute Gasteiger partial charge is 0.481 e. The first kappa shape index (κ1) is 14.8. The normalized spacial score (nSPS) is 11.7. The van der Waals surface area contributed by atoms with Gasteiger partial charge in [0.1, 0.15) is 5.75 Å². The fraction of sp³-hybridized carbons (Fsp3) is 0.118. The summed E-state index contributed by atoms with van der Waals surface area (Å²) in [7, 11) is 0. The maximum atomic E-state index is 12.1. The molecular weight excluding hydrogens is 292 g/mol. The third-order valence-corrected chi connectivity index (χ3v) is 3.19. The molecule has 0 radical (unpaired) electrons. The van der Waals surface area contributed by atoms with Gasteiger partial charge < -0.3 is 4.74 Å². The van der Waals surface area contributed by atoms with E-state index in [1.54, 1.807) is 19.1 Å². The molecule has 2 N–H and O–H groups in total. The molecule has 6 heteroatoms. The van der Waals surface area contributed by atoms with Crippen LogP contribution in [0.2, 0.25) is 0 Å². The van der Waals surface area contributed by atoms with Crippen molar-refractivity contribution in [2.24, 2.45) is 0 Å². The van der Waals surface area contributed by atoms with E-state index in [2.05, 4.69) is 20.5 Å². The molecule has 0 saturated heterocycles. The molecule has 116 valence electrons. The Morgan fingerprint density at radius 3 is 2.43 bits per heavy atom. The number of hydrogen-bond acceptors (Lipinski definition) is 4. The van der Waals surface area contributed by atoms with Crippen LogP contribution in [-0.2, 0) is 4.79 Å². The van der Waals surface area contributed by atoms with Gasteiger partial charge in [-0.2, -0.15) is 4.98 Å². The average molecular weight is 308 g/mol. The number of para-hydroxylation sites is 1. The fourth-order valence-electron chi connectivity index (χ4n) is 2.01. The first-order valence-electron chi connectivity index (χ1n) is 7.23. The van der Waals surface area contributed by atoms with Gasteiger partial charge in [-0.3, -0.25) is 15.2 Å². The van der Waals surface area contributed by atoms with Crippen LogP contribution < -0.4 is 10.1 Å². The van der Waals surface area contributed by atoms with E-state index in [1.165, 1.54) is 0 Å². The first-order valence-corrected chi connectivity index (χ1v) is 7.23. The molecule has 0 aliphatic carbocycles. The molecule has 1 aromatic heterocycles. The van der Waals surface area contributed by atoms with Crippen molar-refractivity contribution in [3.05, 3.63) is 60.7 Å². The summed E-state index contributed by atoms with van der Waals surface area (Å²) in [6, 6.07) is 18.7. The number of anilines is 1. The van der Waals surface area contributed by atoms with Crippen LogP contribution in [0.25, 0.3) is 11.4 Å². The highest BCUT2D eigenvalue weighted by Gasteiger charge is 2.17. The topological polar surface area (TPSA) is 79.9 Å². The number of ether oxygens (including phenoxy) is 1. The molecular formula is C17H16N4O2. The molecule has 2 aromatic carbocycles. The molecule has 0 spiro atoms. The predicted octanol–water partition coefficient (Wildman–Crippen LogP) is 2.88. The summed E-state index contributed by atoms with van der Waals surface area (Å²) in [4.78, 5) is 16.4. The lowest BCUT2D eigenvalue weighted by Gasteiger charge is -2.13. The highest BCUT2D eigenvalue weighted by molar-refractivity contribution is 5.92. The van der Waals surface area contributed by atoms with Crippen LogP contribution in [0.3, 0.4) is 0 Å². The van der Waals surface area contributed by atoms with Gasteiger partial charge in [-0.1, -0.05) is 48.5 Å². The van der Waals surface area contributed by atoms with Crippen LogP contribution in [-0.4, -0.2) is 27.2 Å². The molecule has 0 fully saturated rings. The maximum absolute atomic E-state index is 12.1. The Labute approximate surface area is 133 Å². The summed E-state index contributed by atoms with van der Waals surface area (Å²) in [5, 5.41) is 9.43. The third-order valence-electron chi connectivity index (χ3n) is 3.19. The SMILES string of the molecule is CC(Oc1ccccc1)C(=O)Nc1n[nH]c(-c2ccccc2)n1. The minimum absolute atomic E-state index is 0.220. The van der Waals surface area contributed by atoms with Crippen molar-refractivity contribution in [1.82, 2.24) is 15.2 Å². The Hall–Kier alpha value is -3.15. The molecule has 23 heavy (non-hydrogen) atoms. The van der Waals surface area contributed by atoms with Crippen LogP contribution in [0.15, 0.2) is 60.7 Å². The number of nitrogens with one attached hydrogen (secondary N) is 2. The highest BCUT2D eigenvalue weighted by atomic mass is 16.5. The van der Waals surface area contributed by atoms with Gasteiger partial charge in [0.25, 0.3) is 5.91 Å². The summed E-state index contributed by atoms with van der Waals surface area (Å²) in [5.41, 5.74) is 0.897. The zero-order valence-electron chi connectivity index (χ0n) is 12.6. The number of carbonyl (C=O) groups is 1. The van der Waals surface area contributed by atoms with E-state index in [4.69, 9.17) is 4.74 Å². The van der Waals surface area contributed by atoms with Crippen LogP contribution >= 0.6 is 0 Å². The van der Waals surface area contributed by atoms with Crippen molar-refractivity contribution in [3.63, 3.8) is 0 Å². The molecule has 1 unspecified atom stereocenters. The van der Waals surface area contributed by atoms with E-state index < -0.39 is 6.10 Å². The number of rotatable bonds is 5. The summed E-state index contributed by atoms with van der Waals surface area (Å²) < 4.78 is 5.56. The van der Waals surface area contributed by atoms with Gasteiger partial charge >= 0.3 is 0 Å². The number of aromatic amines is 1. The molecule has 0 saturated carbocycles. The zero-order valence-corrected chi connectivity index (χ0v) is 12.6. The number of benzene rings is 2. The van der Waals surface area contributed by atoms with Gasteiger partial charge in [-0.05, 0) is 19.1 Å². The fourth-order valence-corrected chi connectivity index (χ4v) is 2.01. The monoisotopic (exact) mass is 308 g/mol. The van der Waals surface area contributed by atoms with Crippen molar-refractivity contribution in [2.75, 3.05) is 5.32 Å². The van der Waals surface area contributed by atoms with Crippen LogP contribution in [0.1, 0.15) is 6.92 Å².